The molecule has 1 aromatic rings. The zero-order valence-corrected chi connectivity index (χ0v) is 11.8. The molecule has 1 N–H and O–H groups in total. The van der Waals surface area contributed by atoms with Gasteiger partial charge in [0.05, 0.1) is 6.04 Å². The number of benzene rings is 1. The molecule has 1 aromatic carbocycles. The lowest BCUT2D eigenvalue weighted by atomic mass is 10.2. The van der Waals surface area contributed by atoms with Crippen molar-refractivity contribution in [3.05, 3.63) is 30.3 Å². The highest BCUT2D eigenvalue weighted by atomic mass is 16.2. The molecule has 0 saturated carbocycles. The van der Waals surface area contributed by atoms with Crippen LogP contribution in [-0.4, -0.2) is 50.6 Å². The molecule has 0 radical (unpaired) electrons. The second-order valence-corrected chi connectivity index (χ2v) is 5.07. The van der Waals surface area contributed by atoms with Gasteiger partial charge >= 0.3 is 0 Å². The highest BCUT2D eigenvalue weighted by Gasteiger charge is 2.29. The molecule has 0 bridgehead atoms. The van der Waals surface area contributed by atoms with Gasteiger partial charge < -0.3 is 15.1 Å². The Kier molecular flexibility index (Phi) is 4.80. The molecule has 4 heteroatoms. The summed E-state index contributed by atoms with van der Waals surface area (Å²) in [6.45, 7) is 2.71. The minimum absolute atomic E-state index is 0.0341. The van der Waals surface area contributed by atoms with Gasteiger partial charge in [-0.1, -0.05) is 18.2 Å². The SMILES string of the molecule is CNC1CCN(CCCN(C)c2ccccc2)C1=O. The number of amides is 1. The Morgan fingerprint density at radius 3 is 2.74 bits per heavy atom. The average molecular weight is 261 g/mol. The Labute approximate surface area is 115 Å². The maximum atomic E-state index is 11.9. The van der Waals surface area contributed by atoms with Crippen LogP contribution in [0.5, 0.6) is 0 Å². The van der Waals surface area contributed by atoms with E-state index in [1.54, 1.807) is 0 Å². The smallest absolute Gasteiger partial charge is 0.239 e. The molecule has 1 heterocycles. The number of likely N-dealkylation sites (tertiary alicyclic amines) is 1. The van der Waals surface area contributed by atoms with E-state index in [9.17, 15) is 4.79 Å². The minimum Gasteiger partial charge on any atom is -0.375 e. The Bertz CT molecular complexity index is 407. The van der Waals surface area contributed by atoms with Crippen molar-refractivity contribution in [3.8, 4) is 0 Å². The molecule has 1 saturated heterocycles. The number of carbonyl (C=O) groups excluding carboxylic acids is 1. The number of carbonyl (C=O) groups is 1. The van der Waals surface area contributed by atoms with Gasteiger partial charge in [-0.05, 0) is 32.0 Å². The summed E-state index contributed by atoms with van der Waals surface area (Å²) in [7, 11) is 3.95. The summed E-state index contributed by atoms with van der Waals surface area (Å²) in [4.78, 5) is 16.1. The molecule has 19 heavy (non-hydrogen) atoms. The second kappa shape index (κ2) is 6.57. The summed E-state index contributed by atoms with van der Waals surface area (Å²) in [5.41, 5.74) is 1.23. The van der Waals surface area contributed by atoms with Gasteiger partial charge in [0, 0.05) is 32.4 Å². The van der Waals surface area contributed by atoms with E-state index in [4.69, 9.17) is 0 Å². The van der Waals surface area contributed by atoms with E-state index < -0.39 is 0 Å². The number of likely N-dealkylation sites (N-methyl/N-ethyl adjacent to an activating group) is 1. The third-order valence-corrected chi connectivity index (χ3v) is 3.76. The van der Waals surface area contributed by atoms with Gasteiger partial charge in [-0.15, -0.1) is 0 Å². The third kappa shape index (κ3) is 3.47. The van der Waals surface area contributed by atoms with Gasteiger partial charge in [0.1, 0.15) is 0 Å². The zero-order valence-electron chi connectivity index (χ0n) is 11.8. The topological polar surface area (TPSA) is 35.6 Å². The summed E-state index contributed by atoms with van der Waals surface area (Å²) >= 11 is 0. The quantitative estimate of drug-likeness (QED) is 0.839. The normalized spacial score (nSPS) is 18.9. The zero-order chi connectivity index (χ0) is 13.7. The van der Waals surface area contributed by atoms with E-state index in [1.807, 2.05) is 30.1 Å². The van der Waals surface area contributed by atoms with Crippen LogP contribution in [0.2, 0.25) is 0 Å². The van der Waals surface area contributed by atoms with Crippen LogP contribution >= 0.6 is 0 Å². The van der Waals surface area contributed by atoms with Crippen molar-refractivity contribution in [1.82, 2.24) is 10.2 Å². The fourth-order valence-electron chi connectivity index (χ4n) is 2.54. The molecule has 104 valence electrons. The standard InChI is InChI=1S/C15H23N3O/c1-16-14-9-12-18(15(14)19)11-6-10-17(2)13-7-4-3-5-8-13/h3-5,7-8,14,16H,6,9-12H2,1-2H3. The molecule has 0 spiro atoms. The summed E-state index contributed by atoms with van der Waals surface area (Å²) < 4.78 is 0. The summed E-state index contributed by atoms with van der Waals surface area (Å²) in [5, 5.41) is 3.07. The number of nitrogens with one attached hydrogen (secondary N) is 1. The van der Waals surface area contributed by atoms with Crippen molar-refractivity contribution in [2.45, 2.75) is 18.9 Å². The van der Waals surface area contributed by atoms with Gasteiger partial charge in [0.2, 0.25) is 5.91 Å². The van der Waals surface area contributed by atoms with E-state index in [2.05, 4.69) is 29.4 Å². The fraction of sp³-hybridized carbons (Fsp3) is 0.533. The van der Waals surface area contributed by atoms with E-state index in [0.29, 0.717) is 0 Å². The highest BCUT2D eigenvalue weighted by molar-refractivity contribution is 5.83. The van der Waals surface area contributed by atoms with Crippen molar-refractivity contribution in [2.75, 3.05) is 38.6 Å². The number of rotatable bonds is 6. The number of para-hydroxylation sites is 1. The molecular formula is C15H23N3O. The van der Waals surface area contributed by atoms with Crippen LogP contribution < -0.4 is 10.2 Å². The lowest BCUT2D eigenvalue weighted by Gasteiger charge is -2.22. The molecule has 1 unspecified atom stereocenters. The van der Waals surface area contributed by atoms with Crippen LogP contribution in [0.3, 0.4) is 0 Å². The van der Waals surface area contributed by atoms with E-state index in [0.717, 1.165) is 32.5 Å². The van der Waals surface area contributed by atoms with Crippen LogP contribution in [0.15, 0.2) is 30.3 Å². The monoisotopic (exact) mass is 261 g/mol. The molecule has 1 amide bonds. The van der Waals surface area contributed by atoms with Crippen LogP contribution in [0, 0.1) is 0 Å². The van der Waals surface area contributed by atoms with Crippen LogP contribution in [0.1, 0.15) is 12.8 Å². The number of anilines is 1. The van der Waals surface area contributed by atoms with Gasteiger partial charge in [-0.2, -0.15) is 0 Å². The molecule has 1 atom stereocenters. The Hall–Kier alpha value is -1.55. The number of hydrogen-bond donors (Lipinski definition) is 1. The van der Waals surface area contributed by atoms with Crippen molar-refractivity contribution < 1.29 is 4.79 Å². The van der Waals surface area contributed by atoms with Crippen molar-refractivity contribution in [3.63, 3.8) is 0 Å². The molecule has 1 fully saturated rings. The van der Waals surface area contributed by atoms with Gasteiger partial charge in [-0.25, -0.2) is 0 Å². The first kappa shape index (κ1) is 13.9. The molecular weight excluding hydrogens is 238 g/mol. The van der Waals surface area contributed by atoms with Gasteiger partial charge in [0.25, 0.3) is 0 Å². The van der Waals surface area contributed by atoms with Gasteiger partial charge in [0.15, 0.2) is 0 Å². The maximum absolute atomic E-state index is 11.9. The number of nitrogens with zero attached hydrogens (tertiary/aromatic N) is 2. The van der Waals surface area contributed by atoms with E-state index in [-0.39, 0.29) is 11.9 Å². The lowest BCUT2D eigenvalue weighted by Crippen LogP contribution is -2.37. The molecule has 1 aliphatic heterocycles. The largest absolute Gasteiger partial charge is 0.375 e. The summed E-state index contributed by atoms with van der Waals surface area (Å²) in [6.07, 6.45) is 1.94. The molecule has 2 rings (SSSR count). The van der Waals surface area contributed by atoms with Gasteiger partial charge in [-0.3, -0.25) is 4.79 Å². The van der Waals surface area contributed by atoms with Crippen LogP contribution in [0.4, 0.5) is 5.69 Å². The Balaban J connectivity index is 1.74. The first-order chi connectivity index (χ1) is 9.22. The molecule has 4 nitrogen and oxygen atoms in total. The predicted octanol–water partition coefficient (Wildman–Crippen LogP) is 1.33. The van der Waals surface area contributed by atoms with Crippen LogP contribution in [-0.2, 0) is 4.79 Å². The number of hydrogen-bond acceptors (Lipinski definition) is 3. The maximum Gasteiger partial charge on any atom is 0.239 e. The van der Waals surface area contributed by atoms with Crippen molar-refractivity contribution in [2.24, 2.45) is 0 Å². The first-order valence-electron chi connectivity index (χ1n) is 6.94. The second-order valence-electron chi connectivity index (χ2n) is 5.07. The third-order valence-electron chi connectivity index (χ3n) is 3.76. The lowest BCUT2D eigenvalue weighted by molar-refractivity contribution is -0.129. The fourth-order valence-corrected chi connectivity index (χ4v) is 2.54. The molecule has 0 aromatic heterocycles. The highest BCUT2D eigenvalue weighted by Crippen LogP contribution is 2.13. The predicted molar refractivity (Wildman–Crippen MR) is 78.4 cm³/mol. The van der Waals surface area contributed by atoms with Crippen LogP contribution in [0.25, 0.3) is 0 Å². The Morgan fingerprint density at radius 2 is 2.11 bits per heavy atom. The molecule has 1 aliphatic rings. The van der Waals surface area contributed by atoms with E-state index in [1.165, 1.54) is 5.69 Å². The summed E-state index contributed by atoms with van der Waals surface area (Å²) in [5.74, 6) is 0.255. The summed E-state index contributed by atoms with van der Waals surface area (Å²) in [6, 6.07) is 10.4. The van der Waals surface area contributed by atoms with Crippen molar-refractivity contribution in [1.29, 1.82) is 0 Å². The average Bonchev–Trinajstić information content (AvgIpc) is 2.80. The molecule has 0 aliphatic carbocycles. The first-order valence-corrected chi connectivity index (χ1v) is 6.94. The van der Waals surface area contributed by atoms with Crippen molar-refractivity contribution >= 4 is 11.6 Å². The Morgan fingerprint density at radius 1 is 1.37 bits per heavy atom. The minimum atomic E-state index is 0.0341. The van der Waals surface area contributed by atoms with E-state index >= 15 is 0 Å².